The van der Waals surface area contributed by atoms with Crippen molar-refractivity contribution in [1.82, 2.24) is 15.5 Å². The molecule has 0 aromatic heterocycles. The Bertz CT molecular complexity index is 717. The third-order valence-electron chi connectivity index (χ3n) is 5.05. The molecule has 28 heavy (non-hydrogen) atoms. The van der Waals surface area contributed by atoms with Crippen LogP contribution in [0.2, 0.25) is 0 Å². The molecule has 1 aliphatic heterocycles. The predicted octanol–water partition coefficient (Wildman–Crippen LogP) is 2.65. The highest BCUT2D eigenvalue weighted by Crippen LogP contribution is 2.19. The minimum Gasteiger partial charge on any atom is -0.355 e. The largest absolute Gasteiger partial charge is 0.355 e. The van der Waals surface area contributed by atoms with Gasteiger partial charge in [-0.2, -0.15) is 0 Å². The van der Waals surface area contributed by atoms with E-state index < -0.39 is 14.6 Å². The second kappa shape index (κ2) is 11.3. The van der Waals surface area contributed by atoms with Gasteiger partial charge in [0.25, 0.3) is 0 Å². The monoisotopic (exact) mass is 522 g/mol. The first kappa shape index (κ1) is 25.2. The minimum atomic E-state index is -3.13. The lowest BCUT2D eigenvalue weighted by molar-refractivity contribution is 0.245. The van der Waals surface area contributed by atoms with Crippen molar-refractivity contribution < 1.29 is 8.42 Å². The summed E-state index contributed by atoms with van der Waals surface area (Å²) in [5.74, 6) is 0.756. The van der Waals surface area contributed by atoms with Gasteiger partial charge in [-0.1, -0.05) is 30.3 Å². The minimum absolute atomic E-state index is 0. The molecule has 1 unspecified atom stereocenters. The molecular formula is C20H35IN4O2S. The summed E-state index contributed by atoms with van der Waals surface area (Å²) in [5.41, 5.74) is 1.33. The van der Waals surface area contributed by atoms with E-state index in [1.54, 1.807) is 27.8 Å². The maximum absolute atomic E-state index is 12.2. The van der Waals surface area contributed by atoms with Crippen molar-refractivity contribution in [1.29, 1.82) is 0 Å². The van der Waals surface area contributed by atoms with Gasteiger partial charge in [0.2, 0.25) is 0 Å². The van der Waals surface area contributed by atoms with Gasteiger partial charge in [0.05, 0.1) is 10.5 Å². The highest BCUT2D eigenvalue weighted by atomic mass is 127. The van der Waals surface area contributed by atoms with Crippen LogP contribution in [0.4, 0.5) is 0 Å². The van der Waals surface area contributed by atoms with E-state index in [0.29, 0.717) is 18.5 Å². The zero-order chi connectivity index (χ0) is 19.9. The average molecular weight is 522 g/mol. The molecule has 0 aliphatic carbocycles. The van der Waals surface area contributed by atoms with Crippen LogP contribution in [0.5, 0.6) is 0 Å². The van der Waals surface area contributed by atoms with Gasteiger partial charge in [-0.05, 0) is 45.7 Å². The van der Waals surface area contributed by atoms with Crippen LogP contribution in [0.15, 0.2) is 35.3 Å². The summed E-state index contributed by atoms with van der Waals surface area (Å²) in [6, 6.07) is 11.0. The van der Waals surface area contributed by atoms with Crippen molar-refractivity contribution in [3.63, 3.8) is 0 Å². The molecule has 1 aromatic rings. The normalized spacial score (nSPS) is 18.6. The summed E-state index contributed by atoms with van der Waals surface area (Å²) < 4.78 is 23.7. The fraction of sp³-hybridized carbons (Fsp3) is 0.650. The zero-order valence-electron chi connectivity index (χ0n) is 17.4. The second-order valence-electron chi connectivity index (χ2n) is 8.06. The Labute approximate surface area is 187 Å². The van der Waals surface area contributed by atoms with Crippen LogP contribution >= 0.6 is 24.0 Å². The molecule has 1 aliphatic rings. The van der Waals surface area contributed by atoms with Crippen LogP contribution in [-0.2, 0) is 16.4 Å². The number of nitrogens with one attached hydrogen (secondary N) is 2. The first-order valence-electron chi connectivity index (χ1n) is 9.68. The molecule has 0 bridgehead atoms. The average Bonchev–Trinajstić information content (AvgIpc) is 3.04. The number of guanidine groups is 1. The quantitative estimate of drug-likeness (QED) is 0.327. The third-order valence-corrected chi connectivity index (χ3v) is 7.66. The van der Waals surface area contributed by atoms with E-state index in [2.05, 4.69) is 44.8 Å². The van der Waals surface area contributed by atoms with Gasteiger partial charge in [-0.3, -0.25) is 9.89 Å². The molecule has 1 aromatic carbocycles. The Morgan fingerprint density at radius 2 is 1.89 bits per heavy atom. The summed E-state index contributed by atoms with van der Waals surface area (Å²) in [4.78, 5) is 6.72. The van der Waals surface area contributed by atoms with Crippen molar-refractivity contribution in [3.8, 4) is 0 Å². The highest BCUT2D eigenvalue weighted by Gasteiger charge is 2.28. The molecule has 0 radical (unpaired) electrons. The van der Waals surface area contributed by atoms with Crippen LogP contribution in [0.3, 0.4) is 0 Å². The number of likely N-dealkylation sites (tertiary alicyclic amines) is 1. The summed E-state index contributed by atoms with van der Waals surface area (Å²) in [6.07, 6.45) is 2.37. The lowest BCUT2D eigenvalue weighted by atomic mass is 10.2. The smallest absolute Gasteiger partial charge is 0.191 e. The van der Waals surface area contributed by atoms with Gasteiger partial charge in [0, 0.05) is 32.7 Å². The molecule has 8 heteroatoms. The number of hydrogen-bond acceptors (Lipinski definition) is 4. The van der Waals surface area contributed by atoms with E-state index in [1.807, 2.05) is 6.07 Å². The number of nitrogens with zero attached hydrogens (tertiary/aromatic N) is 2. The van der Waals surface area contributed by atoms with E-state index in [0.717, 1.165) is 26.1 Å². The lowest BCUT2D eigenvalue weighted by Crippen LogP contribution is -2.46. The van der Waals surface area contributed by atoms with E-state index in [4.69, 9.17) is 0 Å². The Morgan fingerprint density at radius 1 is 1.21 bits per heavy atom. The van der Waals surface area contributed by atoms with Crippen LogP contribution in [0.25, 0.3) is 0 Å². The number of rotatable bonds is 7. The summed E-state index contributed by atoms with van der Waals surface area (Å²) >= 11 is 0. The Hall–Kier alpha value is -0.870. The summed E-state index contributed by atoms with van der Waals surface area (Å²) in [5, 5.41) is 6.48. The number of halogens is 1. The van der Waals surface area contributed by atoms with Gasteiger partial charge < -0.3 is 10.6 Å². The molecule has 1 saturated heterocycles. The number of hydrogen-bond donors (Lipinski definition) is 2. The number of sulfone groups is 1. The molecule has 2 N–H and O–H groups in total. The van der Waals surface area contributed by atoms with Crippen molar-refractivity contribution in [2.24, 2.45) is 4.99 Å². The summed E-state index contributed by atoms with van der Waals surface area (Å²) in [6.45, 7) is 8.43. The molecule has 0 amide bonds. The second-order valence-corrected chi connectivity index (χ2v) is 10.9. The third kappa shape index (κ3) is 7.51. The van der Waals surface area contributed by atoms with Crippen molar-refractivity contribution in [2.75, 3.05) is 32.4 Å². The highest BCUT2D eigenvalue weighted by molar-refractivity contribution is 14.0. The first-order chi connectivity index (χ1) is 12.7. The molecule has 2 rings (SSSR count). The van der Waals surface area contributed by atoms with Crippen molar-refractivity contribution >= 4 is 39.8 Å². The van der Waals surface area contributed by atoms with Gasteiger partial charge in [-0.25, -0.2) is 8.42 Å². The zero-order valence-corrected chi connectivity index (χ0v) is 20.6. The predicted molar refractivity (Wildman–Crippen MR) is 128 cm³/mol. The van der Waals surface area contributed by atoms with Crippen LogP contribution in [0, 0.1) is 0 Å². The molecule has 1 heterocycles. The number of benzene rings is 1. The van der Waals surface area contributed by atoms with Gasteiger partial charge in [0.1, 0.15) is 0 Å². The topological polar surface area (TPSA) is 73.8 Å². The van der Waals surface area contributed by atoms with Gasteiger partial charge in [0.15, 0.2) is 15.8 Å². The van der Waals surface area contributed by atoms with Gasteiger partial charge in [-0.15, -0.1) is 24.0 Å². The summed E-state index contributed by atoms with van der Waals surface area (Å²) in [7, 11) is -1.42. The molecular weight excluding hydrogens is 487 g/mol. The Morgan fingerprint density at radius 3 is 2.50 bits per heavy atom. The molecule has 1 atom stereocenters. The Balaban J connectivity index is 0.00000392. The maximum atomic E-state index is 12.2. The van der Waals surface area contributed by atoms with Crippen molar-refractivity contribution in [3.05, 3.63) is 35.9 Å². The Kier molecular flexibility index (Phi) is 10.2. The van der Waals surface area contributed by atoms with Crippen LogP contribution < -0.4 is 10.6 Å². The van der Waals surface area contributed by atoms with E-state index in [9.17, 15) is 8.42 Å². The SMILES string of the molecule is CN=C(NCCS(=O)(=O)C(C)(C)C)NCC1CCCN1Cc1ccccc1.I. The maximum Gasteiger partial charge on any atom is 0.191 e. The fourth-order valence-corrected chi connectivity index (χ4v) is 4.18. The lowest BCUT2D eigenvalue weighted by Gasteiger charge is -2.25. The van der Waals surface area contributed by atoms with Crippen LogP contribution in [-0.4, -0.2) is 62.5 Å². The molecule has 0 spiro atoms. The first-order valence-corrected chi connectivity index (χ1v) is 11.3. The molecule has 6 nitrogen and oxygen atoms in total. The van der Waals surface area contributed by atoms with Crippen molar-refractivity contribution in [2.45, 2.75) is 50.9 Å². The standard InChI is InChI=1S/C20H34N4O2S.HI/c1-20(2,3)27(25,26)14-12-22-19(21-4)23-15-18-11-8-13-24(18)16-17-9-6-5-7-10-17;/h5-7,9-10,18H,8,11-16H2,1-4H3,(H2,21,22,23);1H. The number of aliphatic imine (C=N–C) groups is 1. The van der Waals surface area contributed by atoms with Gasteiger partial charge >= 0.3 is 0 Å². The fourth-order valence-electron chi connectivity index (χ4n) is 3.20. The molecule has 1 fully saturated rings. The molecule has 0 saturated carbocycles. The van der Waals surface area contributed by atoms with E-state index in [1.165, 1.54) is 12.0 Å². The van der Waals surface area contributed by atoms with E-state index in [-0.39, 0.29) is 29.7 Å². The van der Waals surface area contributed by atoms with Crippen LogP contribution in [0.1, 0.15) is 39.2 Å². The van der Waals surface area contributed by atoms with E-state index >= 15 is 0 Å². The molecule has 160 valence electrons.